The Morgan fingerprint density at radius 3 is 2.51 bits per heavy atom. The minimum Gasteiger partial charge on any atom is -0.393 e. The van der Waals surface area contributed by atoms with Crippen LogP contribution < -0.4 is 0 Å². The summed E-state index contributed by atoms with van der Waals surface area (Å²) in [6, 6.07) is 10.4. The Morgan fingerprint density at radius 1 is 0.976 bits per heavy atom. The summed E-state index contributed by atoms with van der Waals surface area (Å²) in [5.41, 5.74) is -0.641. The average Bonchev–Trinajstić information content (AvgIpc) is 3.51. The Labute approximate surface area is 248 Å². The van der Waals surface area contributed by atoms with Gasteiger partial charge in [-0.3, -0.25) is 4.79 Å². The van der Waals surface area contributed by atoms with Crippen molar-refractivity contribution in [2.45, 2.75) is 89.8 Å². The van der Waals surface area contributed by atoms with Crippen LogP contribution in [0.2, 0.25) is 0 Å². The number of nitrogens with zero attached hydrogens (tertiary/aromatic N) is 1. The minimum absolute atomic E-state index is 0.0137. The van der Waals surface area contributed by atoms with Crippen molar-refractivity contribution in [1.82, 2.24) is 4.90 Å². The second kappa shape index (κ2) is 8.87. The van der Waals surface area contributed by atoms with E-state index < -0.39 is 5.60 Å². The van der Waals surface area contributed by atoms with Crippen LogP contribution in [0.25, 0.3) is 10.1 Å². The van der Waals surface area contributed by atoms with E-state index in [4.69, 9.17) is 0 Å². The van der Waals surface area contributed by atoms with E-state index in [0.717, 1.165) is 78.7 Å². The van der Waals surface area contributed by atoms with Gasteiger partial charge in [-0.1, -0.05) is 56.7 Å². The number of hydrogen-bond acceptors (Lipinski definition) is 5. The standard InChI is InChI=1S/C36H45NO3S/c1-32-13-10-25(38)21-34(32)16-17-36(26(22-34)31(39)28-20-24-8-4-5-9-27(24)41-28)29(32)11-14-33(2)30(36)12-15-35(33,40)23-37-18-6-3-7-19-37/h4-5,8-9,16-17,20,22,25,29-30,38,40H,3,6-7,10-15,18-19,21,23H2,1-2H3/t25?,29-,30-,32-,33+,34+,35-,36-/m1/s1. The minimum atomic E-state index is -0.732. The van der Waals surface area contributed by atoms with Gasteiger partial charge < -0.3 is 15.1 Å². The van der Waals surface area contributed by atoms with Crippen LogP contribution in [-0.2, 0) is 0 Å². The van der Waals surface area contributed by atoms with Crippen LogP contribution in [0.4, 0.5) is 0 Å². The second-order valence-electron chi connectivity index (χ2n) is 15.1. The summed E-state index contributed by atoms with van der Waals surface area (Å²) in [6.45, 7) is 7.79. The molecule has 1 saturated heterocycles. The molecule has 9 rings (SSSR count). The van der Waals surface area contributed by atoms with E-state index in [1.54, 1.807) is 11.3 Å². The molecule has 41 heavy (non-hydrogen) atoms. The molecule has 1 aromatic heterocycles. The maximum atomic E-state index is 14.8. The number of fused-ring (bicyclic) bond motifs is 2. The van der Waals surface area contributed by atoms with Gasteiger partial charge in [0, 0.05) is 33.1 Å². The van der Waals surface area contributed by atoms with Gasteiger partial charge in [0.25, 0.3) is 0 Å². The number of piperidine rings is 1. The van der Waals surface area contributed by atoms with Gasteiger partial charge in [-0.05, 0) is 106 Å². The third-order valence-electron chi connectivity index (χ3n) is 13.5. The average molecular weight is 572 g/mol. The van der Waals surface area contributed by atoms with E-state index in [9.17, 15) is 15.0 Å². The van der Waals surface area contributed by atoms with E-state index in [1.165, 1.54) is 19.3 Å². The van der Waals surface area contributed by atoms with Crippen LogP contribution in [-0.4, -0.2) is 52.2 Å². The first-order chi connectivity index (χ1) is 19.6. The van der Waals surface area contributed by atoms with Crippen LogP contribution in [0.5, 0.6) is 0 Å². The van der Waals surface area contributed by atoms with Crippen molar-refractivity contribution in [2.75, 3.05) is 19.6 Å². The lowest BCUT2D eigenvalue weighted by atomic mass is 9.32. The predicted octanol–water partition coefficient (Wildman–Crippen LogP) is 7.16. The molecule has 1 unspecified atom stereocenters. The van der Waals surface area contributed by atoms with Gasteiger partial charge in [0.15, 0.2) is 5.78 Å². The molecule has 0 amide bonds. The largest absolute Gasteiger partial charge is 0.393 e. The predicted molar refractivity (Wildman–Crippen MR) is 165 cm³/mol. The van der Waals surface area contributed by atoms with E-state index in [2.05, 4.69) is 61.2 Å². The molecule has 2 aromatic rings. The number of hydrogen-bond donors (Lipinski definition) is 2. The second-order valence-corrected chi connectivity index (χ2v) is 16.2. The Morgan fingerprint density at radius 2 is 1.71 bits per heavy atom. The van der Waals surface area contributed by atoms with Crippen molar-refractivity contribution in [1.29, 1.82) is 0 Å². The zero-order chi connectivity index (χ0) is 28.3. The number of allylic oxidation sites excluding steroid dienone is 4. The van der Waals surface area contributed by atoms with E-state index in [0.29, 0.717) is 12.3 Å². The van der Waals surface area contributed by atoms with Gasteiger partial charge in [0.2, 0.25) is 0 Å². The molecule has 2 spiro atoms. The van der Waals surface area contributed by atoms with Gasteiger partial charge in [-0.15, -0.1) is 11.3 Å². The lowest BCUT2D eigenvalue weighted by Gasteiger charge is -2.71. The molecule has 3 saturated carbocycles. The molecule has 0 radical (unpaired) electrons. The number of likely N-dealkylation sites (tertiary alicyclic amines) is 1. The van der Waals surface area contributed by atoms with Crippen molar-refractivity contribution in [3.8, 4) is 0 Å². The molecule has 218 valence electrons. The van der Waals surface area contributed by atoms with Crippen molar-refractivity contribution < 1.29 is 15.0 Å². The molecule has 1 aliphatic heterocycles. The zero-order valence-corrected chi connectivity index (χ0v) is 25.5. The zero-order valence-electron chi connectivity index (χ0n) is 24.7. The summed E-state index contributed by atoms with van der Waals surface area (Å²) in [5, 5.41) is 24.6. The molecule has 4 fully saturated rings. The molecule has 6 aliphatic carbocycles. The lowest BCUT2D eigenvalue weighted by Crippen LogP contribution is -2.67. The number of carbonyl (C=O) groups is 1. The number of Topliss-reactive ketones (excluding diaryl/α,β-unsaturated/α-hetero) is 1. The molecular formula is C36H45NO3S. The molecule has 2 heterocycles. The number of β-amino-alcohol motifs (C(OH)–C–C–N with tert-alkyl or cyclic N) is 1. The van der Waals surface area contributed by atoms with E-state index >= 15 is 0 Å². The smallest absolute Gasteiger partial charge is 0.199 e. The Kier molecular flexibility index (Phi) is 5.80. The highest BCUT2D eigenvalue weighted by Crippen LogP contribution is 2.78. The third-order valence-corrected chi connectivity index (χ3v) is 14.7. The van der Waals surface area contributed by atoms with Crippen molar-refractivity contribution in [2.24, 2.45) is 33.5 Å². The first kappa shape index (κ1) is 26.8. The summed E-state index contributed by atoms with van der Waals surface area (Å²) in [5.74, 6) is 0.755. The molecule has 4 nitrogen and oxygen atoms in total. The molecule has 1 aromatic carbocycles. The number of benzene rings is 1. The highest BCUT2D eigenvalue weighted by Gasteiger charge is 2.74. The molecular weight excluding hydrogens is 526 g/mol. The normalized spacial score (nSPS) is 45.3. The fraction of sp³-hybridized carbons (Fsp3) is 0.639. The maximum absolute atomic E-state index is 14.8. The highest BCUT2D eigenvalue weighted by molar-refractivity contribution is 7.21. The molecule has 5 heteroatoms. The summed E-state index contributed by atoms with van der Waals surface area (Å²) in [7, 11) is 0. The van der Waals surface area contributed by atoms with Crippen LogP contribution >= 0.6 is 11.3 Å². The van der Waals surface area contributed by atoms with Crippen molar-refractivity contribution in [3.05, 3.63) is 59.0 Å². The Bertz CT molecular complexity index is 1440. The van der Waals surface area contributed by atoms with Gasteiger partial charge in [-0.25, -0.2) is 0 Å². The highest BCUT2D eigenvalue weighted by atomic mass is 32.1. The first-order valence-electron chi connectivity index (χ1n) is 16.2. The van der Waals surface area contributed by atoms with Crippen LogP contribution in [0, 0.1) is 33.5 Å². The molecule has 7 aliphatic rings. The summed E-state index contributed by atoms with van der Waals surface area (Å²) >= 11 is 1.62. The number of ketones is 1. The lowest BCUT2D eigenvalue weighted by molar-refractivity contribution is -0.176. The van der Waals surface area contributed by atoms with Crippen LogP contribution in [0.1, 0.15) is 87.7 Å². The van der Waals surface area contributed by atoms with Gasteiger partial charge in [0.1, 0.15) is 0 Å². The SMILES string of the molecule is C[C@]12CC[C@H]3[C@]4(C=C[C@@]5(C=C4C(=O)c4cc6ccccc6s4)CC(O)CC[C@]35C)[C@@H]1CC[C@@]2(O)CN1CCCCC1. The molecule has 2 N–H and O–H groups in total. The molecule has 8 atom stereocenters. The first-order valence-corrected chi connectivity index (χ1v) is 17.1. The molecule has 2 bridgehead atoms. The Balaban J connectivity index is 1.27. The third kappa shape index (κ3) is 3.41. The quantitative estimate of drug-likeness (QED) is 0.302. The number of aliphatic hydroxyl groups is 2. The monoisotopic (exact) mass is 571 g/mol. The fourth-order valence-electron chi connectivity index (χ4n) is 11.3. The summed E-state index contributed by atoms with van der Waals surface area (Å²) < 4.78 is 1.16. The number of rotatable bonds is 4. The van der Waals surface area contributed by atoms with Crippen molar-refractivity contribution in [3.63, 3.8) is 0 Å². The summed E-state index contributed by atoms with van der Waals surface area (Å²) in [4.78, 5) is 18.2. The van der Waals surface area contributed by atoms with Gasteiger partial charge in [0.05, 0.1) is 16.6 Å². The number of carbonyl (C=O) groups excluding carboxylic acids is 1. The van der Waals surface area contributed by atoms with E-state index in [1.807, 2.05) is 6.07 Å². The maximum Gasteiger partial charge on any atom is 0.199 e. The van der Waals surface area contributed by atoms with Crippen LogP contribution in [0.15, 0.2) is 54.1 Å². The topological polar surface area (TPSA) is 60.8 Å². The Hall–Kier alpha value is -1.79. The van der Waals surface area contributed by atoms with Crippen LogP contribution in [0.3, 0.4) is 0 Å². The van der Waals surface area contributed by atoms with Crippen molar-refractivity contribution >= 4 is 27.2 Å². The fourth-order valence-corrected chi connectivity index (χ4v) is 12.3. The van der Waals surface area contributed by atoms with Gasteiger partial charge in [-0.2, -0.15) is 0 Å². The van der Waals surface area contributed by atoms with Gasteiger partial charge >= 0.3 is 0 Å². The number of thiophene rings is 1. The summed E-state index contributed by atoms with van der Waals surface area (Å²) in [6.07, 6.45) is 17.0. The van der Waals surface area contributed by atoms with E-state index in [-0.39, 0.29) is 39.5 Å². The number of aliphatic hydroxyl groups excluding tert-OH is 1.